The van der Waals surface area contributed by atoms with E-state index in [0.29, 0.717) is 11.5 Å². The van der Waals surface area contributed by atoms with Crippen LogP contribution in [0.2, 0.25) is 0 Å². The number of benzene rings is 1. The van der Waals surface area contributed by atoms with Gasteiger partial charge in [-0.25, -0.2) is 0 Å². The second-order valence-corrected chi connectivity index (χ2v) is 6.52. The Morgan fingerprint density at radius 2 is 2.10 bits per heavy atom. The van der Waals surface area contributed by atoms with Crippen LogP contribution in [-0.4, -0.2) is 17.1 Å². The highest BCUT2D eigenvalue weighted by molar-refractivity contribution is 5.96. The average Bonchev–Trinajstić information content (AvgIpc) is 2.44. The monoisotopic (exact) mass is 275 g/mol. The van der Waals surface area contributed by atoms with Crippen molar-refractivity contribution in [3.63, 3.8) is 0 Å². The van der Waals surface area contributed by atoms with Crippen LogP contribution in [0.25, 0.3) is 0 Å². The molecule has 1 saturated carbocycles. The summed E-state index contributed by atoms with van der Waals surface area (Å²) in [5, 5.41) is 15.3. The van der Waals surface area contributed by atoms with Crippen LogP contribution in [-0.2, 0) is 6.54 Å². The van der Waals surface area contributed by atoms with Crippen molar-refractivity contribution < 1.29 is 5.21 Å². The zero-order valence-corrected chi connectivity index (χ0v) is 12.4. The van der Waals surface area contributed by atoms with Gasteiger partial charge >= 0.3 is 0 Å². The molecule has 1 aliphatic carbocycles. The summed E-state index contributed by atoms with van der Waals surface area (Å²) in [6.45, 7) is 5.58. The molecule has 20 heavy (non-hydrogen) atoms. The molecule has 1 aromatic carbocycles. The topological polar surface area (TPSA) is 70.6 Å². The minimum Gasteiger partial charge on any atom is -0.409 e. The van der Waals surface area contributed by atoms with Crippen LogP contribution in [0.1, 0.15) is 50.7 Å². The second-order valence-electron chi connectivity index (χ2n) is 6.52. The molecule has 0 bridgehead atoms. The summed E-state index contributed by atoms with van der Waals surface area (Å²) in [5.74, 6) is 0.151. The molecule has 0 aromatic heterocycles. The van der Waals surface area contributed by atoms with Crippen molar-refractivity contribution >= 4 is 5.84 Å². The van der Waals surface area contributed by atoms with Gasteiger partial charge in [0.2, 0.25) is 0 Å². The number of nitrogens with two attached hydrogens (primary N) is 1. The zero-order chi connectivity index (χ0) is 14.6. The van der Waals surface area contributed by atoms with E-state index in [2.05, 4.69) is 24.3 Å². The molecule has 1 unspecified atom stereocenters. The first-order valence-electron chi connectivity index (χ1n) is 7.30. The van der Waals surface area contributed by atoms with Gasteiger partial charge in [-0.1, -0.05) is 49.7 Å². The number of hydrogen-bond donors (Lipinski definition) is 3. The van der Waals surface area contributed by atoms with Crippen LogP contribution >= 0.6 is 0 Å². The van der Waals surface area contributed by atoms with E-state index in [-0.39, 0.29) is 5.84 Å². The highest BCUT2D eigenvalue weighted by Crippen LogP contribution is 2.35. The van der Waals surface area contributed by atoms with Crippen LogP contribution in [0.15, 0.2) is 29.4 Å². The number of nitrogens with one attached hydrogen (secondary N) is 1. The van der Waals surface area contributed by atoms with Gasteiger partial charge in [0.05, 0.1) is 0 Å². The molecule has 110 valence electrons. The fourth-order valence-corrected chi connectivity index (χ4v) is 2.99. The number of amidine groups is 1. The van der Waals surface area contributed by atoms with Crippen LogP contribution in [0, 0.1) is 5.41 Å². The number of rotatable bonds is 4. The Hall–Kier alpha value is -1.55. The molecule has 0 heterocycles. The van der Waals surface area contributed by atoms with Gasteiger partial charge < -0.3 is 16.3 Å². The predicted molar refractivity (Wildman–Crippen MR) is 81.8 cm³/mol. The Morgan fingerprint density at radius 3 is 2.70 bits per heavy atom. The van der Waals surface area contributed by atoms with Gasteiger partial charge in [0, 0.05) is 18.2 Å². The normalized spacial score (nSPS) is 22.7. The SMILES string of the molecule is CC1(C)CCCC(NCc2ccc(/C(N)=N/O)cc2)C1. The molecule has 1 aromatic rings. The summed E-state index contributed by atoms with van der Waals surface area (Å²) in [5.41, 5.74) is 7.98. The molecule has 1 atom stereocenters. The third-order valence-corrected chi connectivity index (χ3v) is 4.16. The van der Waals surface area contributed by atoms with Crippen LogP contribution < -0.4 is 11.1 Å². The maximum absolute atomic E-state index is 8.63. The Labute approximate surface area is 121 Å². The van der Waals surface area contributed by atoms with Gasteiger partial charge in [-0.15, -0.1) is 0 Å². The largest absolute Gasteiger partial charge is 0.409 e. The summed E-state index contributed by atoms with van der Waals surface area (Å²) in [6, 6.07) is 8.43. The minimum atomic E-state index is 0.151. The summed E-state index contributed by atoms with van der Waals surface area (Å²) < 4.78 is 0. The van der Waals surface area contributed by atoms with Crippen molar-refractivity contribution in [3.05, 3.63) is 35.4 Å². The third kappa shape index (κ3) is 3.97. The van der Waals surface area contributed by atoms with Gasteiger partial charge in [-0.05, 0) is 30.2 Å². The lowest BCUT2D eigenvalue weighted by Crippen LogP contribution is -2.36. The van der Waals surface area contributed by atoms with E-state index >= 15 is 0 Å². The summed E-state index contributed by atoms with van der Waals surface area (Å²) in [4.78, 5) is 0. The molecule has 4 nitrogen and oxygen atoms in total. The van der Waals surface area contributed by atoms with Gasteiger partial charge in [0.15, 0.2) is 5.84 Å². The smallest absolute Gasteiger partial charge is 0.170 e. The molecule has 0 amide bonds. The lowest BCUT2D eigenvalue weighted by atomic mass is 9.75. The minimum absolute atomic E-state index is 0.151. The first-order chi connectivity index (χ1) is 9.50. The molecule has 2 rings (SSSR count). The van der Waals surface area contributed by atoms with Crippen LogP contribution in [0.5, 0.6) is 0 Å². The van der Waals surface area contributed by atoms with Gasteiger partial charge in [-0.2, -0.15) is 0 Å². The van der Waals surface area contributed by atoms with E-state index in [0.717, 1.165) is 12.1 Å². The molecule has 0 aliphatic heterocycles. The molecule has 0 saturated heterocycles. The van der Waals surface area contributed by atoms with E-state index in [1.807, 2.05) is 24.3 Å². The van der Waals surface area contributed by atoms with E-state index in [4.69, 9.17) is 10.9 Å². The first kappa shape index (κ1) is 14.9. The summed E-state index contributed by atoms with van der Waals surface area (Å²) >= 11 is 0. The molecule has 1 fully saturated rings. The van der Waals surface area contributed by atoms with Crippen molar-refractivity contribution in [2.45, 2.75) is 52.1 Å². The van der Waals surface area contributed by atoms with Gasteiger partial charge in [-0.3, -0.25) is 0 Å². The zero-order valence-electron chi connectivity index (χ0n) is 12.4. The Balaban J connectivity index is 1.88. The van der Waals surface area contributed by atoms with Crippen LogP contribution in [0.4, 0.5) is 0 Å². The lowest BCUT2D eigenvalue weighted by Gasteiger charge is -2.35. The highest BCUT2D eigenvalue weighted by atomic mass is 16.4. The second kappa shape index (κ2) is 6.27. The van der Waals surface area contributed by atoms with Crippen LogP contribution in [0.3, 0.4) is 0 Å². The molecule has 0 radical (unpaired) electrons. The summed E-state index contributed by atoms with van der Waals surface area (Å²) in [6.07, 6.45) is 5.16. The third-order valence-electron chi connectivity index (χ3n) is 4.16. The molecule has 0 spiro atoms. The standard InChI is InChI=1S/C16H25N3O/c1-16(2)9-3-4-14(10-16)18-11-12-5-7-13(8-6-12)15(17)19-20/h5-8,14,18,20H,3-4,9-11H2,1-2H3,(H2,17,19). The van der Waals surface area contributed by atoms with E-state index in [1.165, 1.54) is 31.2 Å². The van der Waals surface area contributed by atoms with Gasteiger partial charge in [0.25, 0.3) is 0 Å². The maximum Gasteiger partial charge on any atom is 0.170 e. The van der Waals surface area contributed by atoms with Crippen molar-refractivity contribution in [2.75, 3.05) is 0 Å². The summed E-state index contributed by atoms with van der Waals surface area (Å²) in [7, 11) is 0. The quantitative estimate of drug-likeness (QED) is 0.342. The van der Waals surface area contributed by atoms with Crippen molar-refractivity contribution in [3.8, 4) is 0 Å². The molecule has 4 N–H and O–H groups in total. The average molecular weight is 275 g/mol. The molecule has 1 aliphatic rings. The van der Waals surface area contributed by atoms with Gasteiger partial charge in [0.1, 0.15) is 0 Å². The Morgan fingerprint density at radius 1 is 1.40 bits per heavy atom. The fraction of sp³-hybridized carbons (Fsp3) is 0.562. The van der Waals surface area contributed by atoms with E-state index in [1.54, 1.807) is 0 Å². The number of oxime groups is 1. The molecular weight excluding hydrogens is 250 g/mol. The lowest BCUT2D eigenvalue weighted by molar-refractivity contribution is 0.198. The van der Waals surface area contributed by atoms with Crippen molar-refractivity contribution in [1.82, 2.24) is 5.32 Å². The first-order valence-corrected chi connectivity index (χ1v) is 7.30. The fourth-order valence-electron chi connectivity index (χ4n) is 2.99. The molecule has 4 heteroatoms. The Kier molecular flexibility index (Phi) is 4.65. The van der Waals surface area contributed by atoms with Crippen molar-refractivity contribution in [1.29, 1.82) is 0 Å². The number of nitrogens with zero attached hydrogens (tertiary/aromatic N) is 1. The predicted octanol–water partition coefficient (Wildman–Crippen LogP) is 2.84. The number of hydrogen-bond acceptors (Lipinski definition) is 3. The van der Waals surface area contributed by atoms with E-state index in [9.17, 15) is 0 Å². The highest BCUT2D eigenvalue weighted by Gasteiger charge is 2.27. The Bertz CT molecular complexity index is 465. The molecular formula is C16H25N3O. The maximum atomic E-state index is 8.63. The van der Waals surface area contributed by atoms with E-state index < -0.39 is 0 Å². The van der Waals surface area contributed by atoms with Crippen molar-refractivity contribution in [2.24, 2.45) is 16.3 Å².